The number of hydrogen-bond acceptors (Lipinski definition) is 2. The van der Waals surface area contributed by atoms with Gasteiger partial charge in [-0.3, -0.25) is 11.4 Å². The van der Waals surface area contributed by atoms with Crippen molar-refractivity contribution in [2.45, 2.75) is 58.0 Å². The minimum absolute atomic E-state index is 0. The van der Waals surface area contributed by atoms with Gasteiger partial charge in [0.05, 0.1) is 0 Å². The van der Waals surface area contributed by atoms with E-state index in [0.717, 1.165) is 24.7 Å². The number of ether oxygens (including phenoxy) is 1. The quantitative estimate of drug-likeness (QED) is 0.332. The van der Waals surface area contributed by atoms with E-state index in [1.807, 2.05) is 0 Å². The van der Waals surface area contributed by atoms with Crippen LogP contribution in [-0.2, 0) is 29.0 Å². The van der Waals surface area contributed by atoms with Crippen LogP contribution in [0, 0.1) is 23.8 Å². The van der Waals surface area contributed by atoms with E-state index in [4.69, 9.17) is 4.74 Å². The Balaban J connectivity index is 0.00000162. The minimum Gasteiger partial charge on any atom is -0.483 e. The first kappa shape index (κ1) is 15.9. The van der Waals surface area contributed by atoms with Crippen LogP contribution >= 0.6 is 0 Å². The maximum atomic E-state index is 11.5. The number of rotatable bonds is 5. The zero-order chi connectivity index (χ0) is 12.5. The van der Waals surface area contributed by atoms with Gasteiger partial charge in [-0.15, -0.1) is 0 Å². The van der Waals surface area contributed by atoms with E-state index in [2.05, 4.69) is 26.5 Å². The van der Waals surface area contributed by atoms with Crippen molar-refractivity contribution in [2.24, 2.45) is 17.8 Å². The van der Waals surface area contributed by atoms with Gasteiger partial charge in [0.25, 0.3) is 0 Å². The van der Waals surface area contributed by atoms with Crippen molar-refractivity contribution in [1.29, 1.82) is 0 Å². The molecule has 2 bridgehead atoms. The molecule has 18 heavy (non-hydrogen) atoms. The Morgan fingerprint density at radius 1 is 1.33 bits per heavy atom. The molecule has 0 amide bonds. The van der Waals surface area contributed by atoms with Gasteiger partial charge < -0.3 is 10.8 Å². The molecule has 0 aromatic carbocycles. The van der Waals surface area contributed by atoms with Crippen molar-refractivity contribution in [2.75, 3.05) is 0 Å². The van der Waals surface area contributed by atoms with Crippen molar-refractivity contribution >= 4 is 5.97 Å². The summed E-state index contributed by atoms with van der Waals surface area (Å²) in [5, 5.41) is 0. The van der Waals surface area contributed by atoms with Crippen molar-refractivity contribution in [3.05, 3.63) is 12.7 Å². The Morgan fingerprint density at radius 3 is 2.39 bits per heavy atom. The summed E-state index contributed by atoms with van der Waals surface area (Å²) in [4.78, 5) is 11.5. The van der Waals surface area contributed by atoms with E-state index < -0.39 is 0 Å². The van der Waals surface area contributed by atoms with E-state index in [1.54, 1.807) is 0 Å². The monoisotopic (exact) mass is 338 g/mol. The third-order valence-corrected chi connectivity index (χ3v) is 5.05. The van der Waals surface area contributed by atoms with Crippen molar-refractivity contribution in [3.63, 3.8) is 0 Å². The Kier molecular flexibility index (Phi) is 5.58. The maximum absolute atomic E-state index is 11.5. The molecular weight excluding hydrogens is 315 g/mol. The van der Waals surface area contributed by atoms with Gasteiger partial charge in [-0.2, -0.15) is 0 Å². The number of hydrogen-bond donors (Lipinski definition) is 0. The average Bonchev–Trinajstić information content (AvgIpc) is 2.98. The van der Waals surface area contributed by atoms with Gasteiger partial charge in [-0.25, -0.2) is 0 Å². The standard InChI is InChI=1S/C15H23O2.Rh/c1-4-14(16)17-15(5-2,6-3)13-10-11-7-8-12(13)9-11;/h11-13H,1,5-10H2,2-3H3;/q-1;. The van der Waals surface area contributed by atoms with Crippen LogP contribution in [0.15, 0.2) is 6.58 Å². The van der Waals surface area contributed by atoms with Crippen LogP contribution in [0.4, 0.5) is 0 Å². The third kappa shape index (κ3) is 2.71. The molecule has 0 N–H and O–H groups in total. The third-order valence-electron chi connectivity index (χ3n) is 5.05. The zero-order valence-corrected chi connectivity index (χ0v) is 13.0. The van der Waals surface area contributed by atoms with Crippen LogP contribution in [0.5, 0.6) is 0 Å². The van der Waals surface area contributed by atoms with E-state index in [-0.39, 0.29) is 31.0 Å². The molecule has 0 aromatic rings. The van der Waals surface area contributed by atoms with Crippen molar-refractivity contribution < 1.29 is 29.0 Å². The second-order valence-corrected chi connectivity index (χ2v) is 5.62. The van der Waals surface area contributed by atoms with E-state index in [0.29, 0.717) is 5.92 Å². The topological polar surface area (TPSA) is 26.3 Å². The molecular formula is C15H23O2Rh-. The van der Waals surface area contributed by atoms with Gasteiger partial charge in [0, 0.05) is 25.4 Å². The summed E-state index contributed by atoms with van der Waals surface area (Å²) >= 11 is 0. The smallest absolute Gasteiger partial charge is 0.147 e. The average molecular weight is 338 g/mol. The fourth-order valence-electron chi connectivity index (χ4n) is 4.10. The first-order valence-electron chi connectivity index (χ1n) is 6.91. The Morgan fingerprint density at radius 2 is 2.00 bits per heavy atom. The summed E-state index contributed by atoms with van der Waals surface area (Å²) in [6, 6.07) is 0. The van der Waals surface area contributed by atoms with Gasteiger partial charge in [0.15, 0.2) is 0 Å². The molecule has 0 heterocycles. The first-order chi connectivity index (χ1) is 8.15. The van der Waals surface area contributed by atoms with E-state index >= 15 is 0 Å². The SMILES string of the molecule is C=[C-]C(=O)OC(CC)(CC)C1CC2CCC1C2.[Rh]. The van der Waals surface area contributed by atoms with E-state index in [1.165, 1.54) is 25.7 Å². The summed E-state index contributed by atoms with van der Waals surface area (Å²) in [7, 11) is 0. The molecule has 2 saturated carbocycles. The second-order valence-electron chi connectivity index (χ2n) is 5.62. The van der Waals surface area contributed by atoms with Crippen molar-refractivity contribution in [3.8, 4) is 0 Å². The molecule has 105 valence electrons. The fraction of sp³-hybridized carbons (Fsp3) is 0.800. The van der Waals surface area contributed by atoms with Crippen LogP contribution in [0.2, 0.25) is 0 Å². The summed E-state index contributed by atoms with van der Waals surface area (Å²) in [5.41, 5.74) is -0.262. The number of carbonyl (C=O) groups excluding carboxylic acids is 1. The summed E-state index contributed by atoms with van der Waals surface area (Å²) in [6.45, 7) is 7.65. The molecule has 0 aromatic heterocycles. The van der Waals surface area contributed by atoms with Crippen LogP contribution in [0.25, 0.3) is 0 Å². The van der Waals surface area contributed by atoms with E-state index in [9.17, 15) is 4.79 Å². The predicted octanol–water partition coefficient (Wildman–Crippen LogP) is 3.51. The maximum Gasteiger partial charge on any atom is 0.147 e. The zero-order valence-electron chi connectivity index (χ0n) is 11.3. The van der Waals surface area contributed by atoms with Gasteiger partial charge >= 0.3 is 0 Å². The predicted molar refractivity (Wildman–Crippen MR) is 67.2 cm³/mol. The second kappa shape index (κ2) is 6.32. The van der Waals surface area contributed by atoms with Crippen molar-refractivity contribution in [1.82, 2.24) is 0 Å². The Bertz CT molecular complexity index is 310. The van der Waals surface area contributed by atoms with Crippen LogP contribution in [-0.4, -0.2) is 11.6 Å². The van der Waals surface area contributed by atoms with Gasteiger partial charge in [0.1, 0.15) is 11.6 Å². The van der Waals surface area contributed by atoms with Gasteiger partial charge in [-0.1, -0.05) is 20.3 Å². The fourth-order valence-corrected chi connectivity index (χ4v) is 4.10. The Labute approximate surface area is 123 Å². The Hall–Kier alpha value is -0.167. The number of fused-ring (bicyclic) bond motifs is 2. The molecule has 3 atom stereocenters. The molecule has 3 unspecified atom stereocenters. The normalized spacial score (nSPS) is 29.8. The first-order valence-corrected chi connectivity index (χ1v) is 6.91. The summed E-state index contributed by atoms with van der Waals surface area (Å²) in [6.07, 6.45) is 9.46. The van der Waals surface area contributed by atoms with Crippen LogP contribution in [0.1, 0.15) is 52.4 Å². The van der Waals surface area contributed by atoms with Crippen LogP contribution in [0.3, 0.4) is 0 Å². The summed E-state index contributed by atoms with van der Waals surface area (Å²) < 4.78 is 5.71. The molecule has 0 aliphatic heterocycles. The molecule has 2 aliphatic carbocycles. The molecule has 0 saturated heterocycles. The summed E-state index contributed by atoms with van der Waals surface area (Å²) in [5.74, 6) is 1.84. The number of carbonyl (C=O) groups is 1. The molecule has 2 fully saturated rings. The van der Waals surface area contributed by atoms with Crippen LogP contribution < -0.4 is 0 Å². The minimum atomic E-state index is -0.378. The molecule has 2 aliphatic rings. The molecule has 1 radical (unpaired) electrons. The molecule has 3 heteroatoms. The molecule has 2 rings (SSSR count). The number of esters is 1. The largest absolute Gasteiger partial charge is 0.483 e. The van der Waals surface area contributed by atoms with Gasteiger partial charge in [-0.05, 0) is 43.9 Å². The van der Waals surface area contributed by atoms with Gasteiger partial charge in [0.2, 0.25) is 0 Å². The molecule has 0 spiro atoms. The molecule has 2 nitrogen and oxygen atoms in total.